The molecule has 2 aliphatic heterocycles. The van der Waals surface area contributed by atoms with Crippen LogP contribution in [0.1, 0.15) is 0 Å². The van der Waals surface area contributed by atoms with Crippen LogP contribution in [0.2, 0.25) is 0 Å². The Balaban J connectivity index is 0.00000144. The van der Waals surface area contributed by atoms with Crippen molar-refractivity contribution in [1.82, 2.24) is 9.80 Å². The van der Waals surface area contributed by atoms with Crippen molar-refractivity contribution >= 4 is 36.4 Å². The summed E-state index contributed by atoms with van der Waals surface area (Å²) >= 11 is 6.38. The zero-order valence-corrected chi connectivity index (χ0v) is 12.9. The SMILES string of the molecule is Cl.Cl.ClC(CN1CCOCC1)CN1CCOCC1. The van der Waals surface area contributed by atoms with E-state index >= 15 is 0 Å². The van der Waals surface area contributed by atoms with E-state index < -0.39 is 0 Å². The van der Waals surface area contributed by atoms with Gasteiger partial charge in [-0.05, 0) is 0 Å². The van der Waals surface area contributed by atoms with Crippen LogP contribution in [0, 0.1) is 0 Å². The highest BCUT2D eigenvalue weighted by molar-refractivity contribution is 6.21. The minimum Gasteiger partial charge on any atom is -0.379 e. The van der Waals surface area contributed by atoms with Gasteiger partial charge < -0.3 is 9.47 Å². The maximum absolute atomic E-state index is 6.38. The van der Waals surface area contributed by atoms with Crippen LogP contribution in [-0.4, -0.2) is 80.9 Å². The summed E-state index contributed by atoms with van der Waals surface area (Å²) in [7, 11) is 0. The second kappa shape index (κ2) is 10.5. The average molecular weight is 322 g/mol. The van der Waals surface area contributed by atoms with Gasteiger partial charge in [0, 0.05) is 39.3 Å². The summed E-state index contributed by atoms with van der Waals surface area (Å²) < 4.78 is 10.6. The fraction of sp³-hybridized carbons (Fsp3) is 1.00. The highest BCUT2D eigenvalue weighted by Gasteiger charge is 2.18. The van der Waals surface area contributed by atoms with Crippen molar-refractivity contribution in [2.45, 2.75) is 5.38 Å². The molecule has 0 amide bonds. The first-order valence-electron chi connectivity index (χ1n) is 6.09. The normalized spacial score (nSPS) is 22.3. The predicted octanol–water partition coefficient (Wildman–Crippen LogP) is 1.10. The van der Waals surface area contributed by atoms with Crippen molar-refractivity contribution < 1.29 is 9.47 Å². The fourth-order valence-electron chi connectivity index (χ4n) is 2.19. The van der Waals surface area contributed by atoms with Crippen LogP contribution in [0.3, 0.4) is 0 Å². The number of halogens is 3. The Labute approximate surface area is 127 Å². The third-order valence-corrected chi connectivity index (χ3v) is 3.40. The minimum absolute atomic E-state index is 0. The summed E-state index contributed by atoms with van der Waals surface area (Å²) in [5, 5.41) is 0.219. The van der Waals surface area contributed by atoms with E-state index in [-0.39, 0.29) is 30.2 Å². The first kappa shape index (κ1) is 18.7. The fourth-order valence-corrected chi connectivity index (χ4v) is 2.58. The minimum atomic E-state index is 0. The molecule has 0 radical (unpaired) electrons. The van der Waals surface area contributed by atoms with E-state index in [9.17, 15) is 0 Å². The second-order valence-electron chi connectivity index (χ2n) is 4.42. The van der Waals surface area contributed by atoms with Crippen molar-refractivity contribution in [1.29, 1.82) is 0 Å². The van der Waals surface area contributed by atoms with Gasteiger partial charge in [0.2, 0.25) is 0 Å². The van der Waals surface area contributed by atoms with Crippen LogP contribution in [0.15, 0.2) is 0 Å². The lowest BCUT2D eigenvalue weighted by atomic mass is 10.3. The van der Waals surface area contributed by atoms with E-state index in [1.165, 1.54) is 0 Å². The molecule has 2 aliphatic rings. The van der Waals surface area contributed by atoms with Crippen molar-refractivity contribution in [2.24, 2.45) is 0 Å². The molecular formula is C11H23Cl3N2O2. The molecule has 2 heterocycles. The maximum Gasteiger partial charge on any atom is 0.0594 e. The van der Waals surface area contributed by atoms with E-state index in [4.69, 9.17) is 21.1 Å². The lowest BCUT2D eigenvalue weighted by Gasteiger charge is -2.32. The van der Waals surface area contributed by atoms with Gasteiger partial charge in [0.15, 0.2) is 0 Å². The summed E-state index contributed by atoms with van der Waals surface area (Å²) in [5.41, 5.74) is 0. The number of alkyl halides is 1. The molecule has 0 aromatic carbocycles. The monoisotopic (exact) mass is 320 g/mol. The van der Waals surface area contributed by atoms with Crippen LogP contribution in [0.4, 0.5) is 0 Å². The zero-order chi connectivity index (χ0) is 11.2. The van der Waals surface area contributed by atoms with Crippen molar-refractivity contribution in [3.63, 3.8) is 0 Å². The third kappa shape index (κ3) is 6.75. The molecule has 0 aromatic heterocycles. The van der Waals surface area contributed by atoms with E-state index in [1.807, 2.05) is 0 Å². The summed E-state index contributed by atoms with van der Waals surface area (Å²) in [5.74, 6) is 0. The van der Waals surface area contributed by atoms with Gasteiger partial charge in [0.25, 0.3) is 0 Å². The number of ether oxygens (including phenoxy) is 2. The average Bonchev–Trinajstić information content (AvgIpc) is 2.31. The molecule has 0 aliphatic carbocycles. The molecule has 0 aromatic rings. The van der Waals surface area contributed by atoms with Crippen molar-refractivity contribution in [3.8, 4) is 0 Å². The number of morpholine rings is 2. The molecule has 110 valence electrons. The number of hydrogen-bond acceptors (Lipinski definition) is 4. The highest BCUT2D eigenvalue weighted by Crippen LogP contribution is 2.07. The first-order chi connectivity index (χ1) is 7.84. The van der Waals surface area contributed by atoms with Gasteiger partial charge in [-0.1, -0.05) is 0 Å². The summed E-state index contributed by atoms with van der Waals surface area (Å²) in [4.78, 5) is 4.78. The van der Waals surface area contributed by atoms with Crippen LogP contribution in [0.25, 0.3) is 0 Å². The first-order valence-corrected chi connectivity index (χ1v) is 6.52. The van der Waals surface area contributed by atoms with Gasteiger partial charge >= 0.3 is 0 Å². The number of hydrogen-bond donors (Lipinski definition) is 0. The third-order valence-electron chi connectivity index (χ3n) is 3.12. The van der Waals surface area contributed by atoms with E-state index in [0.29, 0.717) is 0 Å². The standard InChI is InChI=1S/C11H21ClN2O2.2ClH/c12-11(9-13-1-5-15-6-2-13)10-14-3-7-16-8-4-14;;/h11H,1-10H2;2*1H. The Morgan fingerprint density at radius 2 is 1.11 bits per heavy atom. The molecule has 2 saturated heterocycles. The number of nitrogens with zero attached hydrogens (tertiary/aromatic N) is 2. The molecule has 2 fully saturated rings. The molecule has 0 saturated carbocycles. The molecule has 0 spiro atoms. The van der Waals surface area contributed by atoms with E-state index in [0.717, 1.165) is 65.7 Å². The molecule has 2 rings (SSSR count). The van der Waals surface area contributed by atoms with Gasteiger partial charge in [-0.2, -0.15) is 0 Å². The van der Waals surface area contributed by atoms with E-state index in [1.54, 1.807) is 0 Å². The van der Waals surface area contributed by atoms with Gasteiger partial charge in [-0.25, -0.2) is 0 Å². The Kier molecular flexibility index (Phi) is 10.9. The Morgan fingerprint density at radius 1 is 0.778 bits per heavy atom. The van der Waals surface area contributed by atoms with Gasteiger partial charge in [-0.3, -0.25) is 9.80 Å². The topological polar surface area (TPSA) is 24.9 Å². The molecule has 0 atom stereocenters. The highest BCUT2D eigenvalue weighted by atomic mass is 35.5. The van der Waals surface area contributed by atoms with Gasteiger partial charge in [0.1, 0.15) is 0 Å². The summed E-state index contributed by atoms with van der Waals surface area (Å²) in [6.07, 6.45) is 0. The molecule has 0 unspecified atom stereocenters. The molecule has 0 bridgehead atoms. The smallest absolute Gasteiger partial charge is 0.0594 e. The zero-order valence-electron chi connectivity index (χ0n) is 10.6. The summed E-state index contributed by atoms with van der Waals surface area (Å²) in [6, 6.07) is 0. The molecular weight excluding hydrogens is 298 g/mol. The van der Waals surface area contributed by atoms with Crippen molar-refractivity contribution in [3.05, 3.63) is 0 Å². The van der Waals surface area contributed by atoms with Crippen LogP contribution in [-0.2, 0) is 9.47 Å². The van der Waals surface area contributed by atoms with Crippen molar-refractivity contribution in [2.75, 3.05) is 65.7 Å². The largest absolute Gasteiger partial charge is 0.379 e. The quantitative estimate of drug-likeness (QED) is 0.724. The lowest BCUT2D eigenvalue weighted by Crippen LogP contribution is -2.45. The lowest BCUT2D eigenvalue weighted by molar-refractivity contribution is 0.0258. The summed E-state index contributed by atoms with van der Waals surface area (Å²) in [6.45, 7) is 9.42. The van der Waals surface area contributed by atoms with Gasteiger partial charge in [-0.15, -0.1) is 36.4 Å². The Morgan fingerprint density at radius 3 is 1.44 bits per heavy atom. The predicted molar refractivity (Wildman–Crippen MR) is 78.7 cm³/mol. The van der Waals surface area contributed by atoms with Crippen LogP contribution < -0.4 is 0 Å². The second-order valence-corrected chi connectivity index (χ2v) is 5.04. The Bertz CT molecular complexity index is 181. The molecule has 0 N–H and O–H groups in total. The van der Waals surface area contributed by atoms with Gasteiger partial charge in [0.05, 0.1) is 31.8 Å². The number of rotatable bonds is 4. The molecule has 4 nitrogen and oxygen atoms in total. The van der Waals surface area contributed by atoms with E-state index in [2.05, 4.69) is 9.80 Å². The molecule has 7 heteroatoms. The Hall–Kier alpha value is 0.710. The van der Waals surface area contributed by atoms with Crippen LogP contribution in [0.5, 0.6) is 0 Å². The molecule has 18 heavy (non-hydrogen) atoms. The maximum atomic E-state index is 6.38. The van der Waals surface area contributed by atoms with Crippen LogP contribution >= 0.6 is 36.4 Å².